The topological polar surface area (TPSA) is 73.9 Å². The van der Waals surface area contributed by atoms with Crippen molar-refractivity contribution >= 4 is 0 Å². The molecule has 5 heteroatoms. The molecule has 2 N–H and O–H groups in total. The Hall–Kier alpha value is -2.01. The summed E-state index contributed by atoms with van der Waals surface area (Å²) in [6.07, 6.45) is 6.64. The maximum absolute atomic E-state index is 6.02. The number of hydrogen-bond donors (Lipinski definition) is 1. The van der Waals surface area contributed by atoms with Crippen molar-refractivity contribution < 1.29 is 4.74 Å². The van der Waals surface area contributed by atoms with Crippen LogP contribution in [0.25, 0.3) is 0 Å². The predicted octanol–water partition coefficient (Wildman–Crippen LogP) is 0.928. The largest absolute Gasteiger partial charge is 0.495 e. The zero-order valence-corrected chi connectivity index (χ0v) is 8.87. The molecule has 82 valence electrons. The van der Waals surface area contributed by atoms with Gasteiger partial charge in [0.05, 0.1) is 19.3 Å². The number of nitrogens with zero attached hydrogens (tertiary/aromatic N) is 3. The molecular formula is C11H12N4O. The van der Waals surface area contributed by atoms with Crippen molar-refractivity contribution in [2.45, 2.75) is 6.04 Å². The van der Waals surface area contributed by atoms with Gasteiger partial charge in [-0.15, -0.1) is 0 Å². The molecule has 5 nitrogen and oxygen atoms in total. The van der Waals surface area contributed by atoms with E-state index in [-0.39, 0.29) is 6.04 Å². The van der Waals surface area contributed by atoms with Gasteiger partial charge in [-0.3, -0.25) is 4.98 Å². The summed E-state index contributed by atoms with van der Waals surface area (Å²) in [5, 5.41) is 0. The zero-order chi connectivity index (χ0) is 11.4. The highest BCUT2D eigenvalue weighted by molar-refractivity contribution is 5.28. The summed E-state index contributed by atoms with van der Waals surface area (Å²) in [6.45, 7) is 0. The Bertz CT molecular complexity index is 461. The number of hydrogen-bond acceptors (Lipinski definition) is 5. The van der Waals surface area contributed by atoms with E-state index in [1.165, 1.54) is 0 Å². The van der Waals surface area contributed by atoms with Gasteiger partial charge in [0.25, 0.3) is 0 Å². The lowest BCUT2D eigenvalue weighted by Crippen LogP contribution is -2.15. The molecule has 0 fully saturated rings. The van der Waals surface area contributed by atoms with Crippen LogP contribution < -0.4 is 10.5 Å². The van der Waals surface area contributed by atoms with E-state index in [2.05, 4.69) is 15.0 Å². The van der Waals surface area contributed by atoms with Gasteiger partial charge >= 0.3 is 0 Å². The summed E-state index contributed by atoms with van der Waals surface area (Å²) in [6, 6.07) is 3.19. The molecule has 0 saturated heterocycles. The quantitative estimate of drug-likeness (QED) is 0.826. The van der Waals surface area contributed by atoms with E-state index in [0.29, 0.717) is 11.6 Å². The van der Waals surface area contributed by atoms with Crippen LogP contribution in [0, 0.1) is 0 Å². The molecule has 0 saturated carbocycles. The highest BCUT2D eigenvalue weighted by Gasteiger charge is 2.12. The average Bonchev–Trinajstić information content (AvgIpc) is 2.39. The van der Waals surface area contributed by atoms with Gasteiger partial charge < -0.3 is 10.5 Å². The number of ether oxygens (including phenoxy) is 1. The summed E-state index contributed by atoms with van der Waals surface area (Å²) in [7, 11) is 1.59. The van der Waals surface area contributed by atoms with E-state index >= 15 is 0 Å². The highest BCUT2D eigenvalue weighted by atomic mass is 16.5. The molecule has 0 aliphatic rings. The van der Waals surface area contributed by atoms with E-state index in [1.807, 2.05) is 6.07 Å². The third-order valence-corrected chi connectivity index (χ3v) is 2.19. The summed E-state index contributed by atoms with van der Waals surface area (Å²) >= 11 is 0. The number of aromatic nitrogens is 3. The lowest BCUT2D eigenvalue weighted by Gasteiger charge is -2.10. The monoisotopic (exact) mass is 216 g/mol. The van der Waals surface area contributed by atoms with E-state index in [0.717, 1.165) is 5.56 Å². The molecule has 1 atom stereocenters. The van der Waals surface area contributed by atoms with Crippen LogP contribution in [0.15, 0.2) is 36.9 Å². The molecule has 0 aliphatic heterocycles. The van der Waals surface area contributed by atoms with Crippen molar-refractivity contribution in [3.8, 4) is 5.75 Å². The fourth-order valence-corrected chi connectivity index (χ4v) is 1.34. The molecule has 0 bridgehead atoms. The van der Waals surface area contributed by atoms with E-state index in [4.69, 9.17) is 10.5 Å². The second kappa shape index (κ2) is 4.67. The fraction of sp³-hybridized carbons (Fsp3) is 0.182. The van der Waals surface area contributed by atoms with Crippen LogP contribution in [0.2, 0.25) is 0 Å². The van der Waals surface area contributed by atoms with Crippen LogP contribution in [-0.4, -0.2) is 22.1 Å². The van der Waals surface area contributed by atoms with E-state index in [1.54, 1.807) is 38.0 Å². The molecule has 0 aromatic carbocycles. The molecule has 2 aromatic rings. The summed E-state index contributed by atoms with van der Waals surface area (Å²) in [5.74, 6) is 1.24. The summed E-state index contributed by atoms with van der Waals surface area (Å²) < 4.78 is 5.08. The van der Waals surface area contributed by atoms with Gasteiger partial charge in [-0.25, -0.2) is 9.97 Å². The zero-order valence-electron chi connectivity index (χ0n) is 8.87. The minimum Gasteiger partial charge on any atom is -0.495 e. The fourth-order valence-electron chi connectivity index (χ4n) is 1.34. The first-order chi connectivity index (χ1) is 7.81. The van der Waals surface area contributed by atoms with Crippen molar-refractivity contribution in [3.05, 3.63) is 48.3 Å². The first-order valence-electron chi connectivity index (χ1n) is 4.82. The number of nitrogens with two attached hydrogens (primary N) is 1. The van der Waals surface area contributed by atoms with Gasteiger partial charge in [-0.05, 0) is 17.7 Å². The predicted molar refractivity (Wildman–Crippen MR) is 58.9 cm³/mol. The van der Waals surface area contributed by atoms with Gasteiger partial charge in [-0.2, -0.15) is 0 Å². The SMILES string of the molecule is COc1cncc(C(N)c2ncccn2)c1. The van der Waals surface area contributed by atoms with Crippen LogP contribution in [-0.2, 0) is 0 Å². The summed E-state index contributed by atoms with van der Waals surface area (Å²) in [4.78, 5) is 12.3. The van der Waals surface area contributed by atoms with Crippen LogP contribution >= 0.6 is 0 Å². The highest BCUT2D eigenvalue weighted by Crippen LogP contribution is 2.18. The summed E-state index contributed by atoms with van der Waals surface area (Å²) in [5.41, 5.74) is 6.84. The van der Waals surface area contributed by atoms with Gasteiger partial charge in [0, 0.05) is 18.6 Å². The van der Waals surface area contributed by atoms with Crippen molar-refractivity contribution in [1.82, 2.24) is 15.0 Å². The number of rotatable bonds is 3. The minimum atomic E-state index is -0.385. The van der Waals surface area contributed by atoms with Crippen molar-refractivity contribution in [2.24, 2.45) is 5.73 Å². The van der Waals surface area contributed by atoms with Crippen LogP contribution in [0.1, 0.15) is 17.4 Å². The molecule has 2 heterocycles. The Morgan fingerprint density at radius 3 is 2.69 bits per heavy atom. The van der Waals surface area contributed by atoms with Gasteiger partial charge in [-0.1, -0.05) is 0 Å². The molecule has 2 aromatic heterocycles. The normalized spacial score (nSPS) is 12.1. The number of pyridine rings is 1. The van der Waals surface area contributed by atoms with Crippen molar-refractivity contribution in [2.75, 3.05) is 7.11 Å². The van der Waals surface area contributed by atoms with Crippen LogP contribution in [0.5, 0.6) is 5.75 Å². The van der Waals surface area contributed by atoms with E-state index < -0.39 is 0 Å². The third-order valence-electron chi connectivity index (χ3n) is 2.19. The second-order valence-electron chi connectivity index (χ2n) is 3.24. The Morgan fingerprint density at radius 1 is 1.25 bits per heavy atom. The lowest BCUT2D eigenvalue weighted by atomic mass is 10.1. The maximum Gasteiger partial charge on any atom is 0.149 e. The molecular weight excluding hydrogens is 204 g/mol. The molecule has 1 unspecified atom stereocenters. The molecule has 0 aliphatic carbocycles. The maximum atomic E-state index is 6.02. The van der Waals surface area contributed by atoms with Gasteiger partial charge in [0.1, 0.15) is 11.6 Å². The second-order valence-corrected chi connectivity index (χ2v) is 3.24. The molecule has 0 amide bonds. The third kappa shape index (κ3) is 2.14. The van der Waals surface area contributed by atoms with Crippen LogP contribution in [0.3, 0.4) is 0 Å². The molecule has 0 spiro atoms. The van der Waals surface area contributed by atoms with Crippen LogP contribution in [0.4, 0.5) is 0 Å². The Labute approximate surface area is 93.3 Å². The van der Waals surface area contributed by atoms with Gasteiger partial charge in [0.2, 0.25) is 0 Å². The first kappa shape index (κ1) is 10.5. The Morgan fingerprint density at radius 2 is 2.00 bits per heavy atom. The first-order valence-corrected chi connectivity index (χ1v) is 4.82. The lowest BCUT2D eigenvalue weighted by molar-refractivity contribution is 0.412. The molecule has 0 radical (unpaired) electrons. The standard InChI is InChI=1S/C11H12N4O/c1-16-9-5-8(6-13-7-9)10(12)11-14-3-2-4-15-11/h2-7,10H,12H2,1H3. The number of methoxy groups -OCH3 is 1. The van der Waals surface area contributed by atoms with Crippen molar-refractivity contribution in [3.63, 3.8) is 0 Å². The Balaban J connectivity index is 2.30. The minimum absolute atomic E-state index is 0.385. The van der Waals surface area contributed by atoms with E-state index in [9.17, 15) is 0 Å². The van der Waals surface area contributed by atoms with Crippen molar-refractivity contribution in [1.29, 1.82) is 0 Å². The molecule has 2 rings (SSSR count). The smallest absolute Gasteiger partial charge is 0.149 e. The molecule has 16 heavy (non-hydrogen) atoms. The Kier molecular flexibility index (Phi) is 3.07. The van der Waals surface area contributed by atoms with Gasteiger partial charge in [0.15, 0.2) is 0 Å². The average molecular weight is 216 g/mol.